The highest BCUT2D eigenvalue weighted by atomic mass is 19.1. The molecule has 0 unspecified atom stereocenters. The van der Waals surface area contributed by atoms with Crippen LogP contribution in [0, 0.1) is 5.82 Å². The lowest BCUT2D eigenvalue weighted by atomic mass is 10.2. The van der Waals surface area contributed by atoms with Crippen LogP contribution in [-0.2, 0) is 13.1 Å². The Morgan fingerprint density at radius 3 is 2.48 bits per heavy atom. The molecule has 1 aliphatic heterocycles. The predicted molar refractivity (Wildman–Crippen MR) is 128 cm³/mol. The molecule has 2 fully saturated rings. The summed E-state index contributed by atoms with van der Waals surface area (Å²) >= 11 is 0. The number of ether oxygens (including phenoxy) is 1. The predicted octanol–water partition coefficient (Wildman–Crippen LogP) is 3.63. The van der Waals surface area contributed by atoms with Gasteiger partial charge in [-0.1, -0.05) is 0 Å². The fraction of sp³-hybridized carbons (Fsp3) is 0.600. The summed E-state index contributed by atoms with van der Waals surface area (Å²) < 4.78 is 21.2. The summed E-state index contributed by atoms with van der Waals surface area (Å²) in [6.45, 7) is 9.51. The largest absolute Gasteiger partial charge is 0.494 e. The lowest BCUT2D eigenvalue weighted by Gasteiger charge is -2.37. The van der Waals surface area contributed by atoms with Crippen LogP contribution in [-0.4, -0.2) is 76.5 Å². The quantitative estimate of drug-likeness (QED) is 0.565. The molecular weight excluding hydrogens is 423 g/mol. The average Bonchev–Trinajstić information content (AvgIpc) is 3.58. The zero-order valence-electron chi connectivity index (χ0n) is 20.0. The zero-order valence-corrected chi connectivity index (χ0v) is 20.0. The molecule has 1 saturated heterocycles. The summed E-state index contributed by atoms with van der Waals surface area (Å²) in [6, 6.07) is 7.05. The molecule has 0 atom stereocenters. The number of rotatable bonds is 10. The second kappa shape index (κ2) is 10.2. The highest BCUT2D eigenvalue weighted by molar-refractivity contribution is 5.59. The topological polar surface area (TPSA) is 64.3 Å². The lowest BCUT2D eigenvalue weighted by Crippen LogP contribution is -2.46. The molecule has 7 nitrogen and oxygen atoms in total. The van der Waals surface area contributed by atoms with Gasteiger partial charge in [-0.3, -0.25) is 14.4 Å². The fourth-order valence-electron chi connectivity index (χ4n) is 4.59. The van der Waals surface area contributed by atoms with E-state index in [1.54, 1.807) is 16.7 Å². The summed E-state index contributed by atoms with van der Waals surface area (Å²) in [5.74, 6) is 0.622. The van der Waals surface area contributed by atoms with E-state index in [1.165, 1.54) is 25.0 Å². The number of halogens is 1. The first-order valence-corrected chi connectivity index (χ1v) is 12.1. The molecule has 8 heteroatoms. The van der Waals surface area contributed by atoms with Gasteiger partial charge in [0.15, 0.2) is 11.8 Å². The third-order valence-electron chi connectivity index (χ3n) is 6.57. The lowest BCUT2D eigenvalue weighted by molar-refractivity contribution is 0.234. The van der Waals surface area contributed by atoms with E-state index in [9.17, 15) is 14.6 Å². The monoisotopic (exact) mass is 460 g/mol. The van der Waals surface area contributed by atoms with Gasteiger partial charge in [0.25, 0.3) is 0 Å². The second-order valence-electron chi connectivity index (χ2n) is 9.61. The first kappa shape index (κ1) is 23.7. The molecule has 1 aliphatic carbocycles. The summed E-state index contributed by atoms with van der Waals surface area (Å²) in [7, 11) is 2.06. The Kier molecular flexibility index (Phi) is 7.34. The zero-order chi connectivity index (χ0) is 23.5. The maximum absolute atomic E-state index is 13.7. The number of nitrogens with zero attached hydrogens (tertiary/aromatic N) is 4. The molecule has 2 heterocycles. The number of hydrogen-bond donors (Lipinski definition) is 2. The molecular formula is C25H37FN4O3. The van der Waals surface area contributed by atoms with Crippen molar-refractivity contribution >= 4 is 5.69 Å². The average molecular weight is 461 g/mol. The van der Waals surface area contributed by atoms with Gasteiger partial charge < -0.3 is 19.8 Å². The van der Waals surface area contributed by atoms with Crippen molar-refractivity contribution in [3.05, 3.63) is 35.6 Å². The Hall–Kier alpha value is -2.45. The molecule has 1 aromatic heterocycles. The molecule has 0 bridgehead atoms. The Labute approximate surface area is 196 Å². The van der Waals surface area contributed by atoms with Crippen molar-refractivity contribution in [3.63, 3.8) is 0 Å². The minimum Gasteiger partial charge on any atom is -0.494 e. The van der Waals surface area contributed by atoms with Crippen molar-refractivity contribution in [1.82, 2.24) is 14.4 Å². The van der Waals surface area contributed by atoms with Crippen LogP contribution >= 0.6 is 0 Å². The van der Waals surface area contributed by atoms with Crippen LogP contribution in [0.15, 0.2) is 24.3 Å². The number of hydrogen-bond acceptors (Lipinski definition) is 6. The van der Waals surface area contributed by atoms with Gasteiger partial charge in [-0.05, 0) is 58.8 Å². The molecule has 2 aliphatic rings. The van der Waals surface area contributed by atoms with E-state index in [0.717, 1.165) is 50.4 Å². The first-order chi connectivity index (χ1) is 15.8. The number of aromatic nitrogens is 1. The summed E-state index contributed by atoms with van der Waals surface area (Å²) in [6.07, 6.45) is 3.25. The van der Waals surface area contributed by atoms with Crippen LogP contribution in [0.2, 0.25) is 0 Å². The highest BCUT2D eigenvalue weighted by Crippen LogP contribution is 2.33. The van der Waals surface area contributed by atoms with Gasteiger partial charge in [0.1, 0.15) is 11.6 Å². The van der Waals surface area contributed by atoms with Crippen LogP contribution in [0.1, 0.15) is 38.7 Å². The van der Waals surface area contributed by atoms with Crippen LogP contribution in [0.5, 0.6) is 17.5 Å². The minimum absolute atomic E-state index is 0.0111. The smallest absolute Gasteiger partial charge is 0.198 e. The fourth-order valence-corrected chi connectivity index (χ4v) is 4.59. The minimum atomic E-state index is -0.285. The van der Waals surface area contributed by atoms with E-state index >= 15 is 0 Å². The van der Waals surface area contributed by atoms with E-state index < -0.39 is 0 Å². The van der Waals surface area contributed by atoms with Crippen molar-refractivity contribution in [2.24, 2.45) is 0 Å². The van der Waals surface area contributed by atoms with Gasteiger partial charge in [0, 0.05) is 63.0 Å². The molecule has 0 spiro atoms. The maximum atomic E-state index is 13.7. The maximum Gasteiger partial charge on any atom is 0.198 e. The third-order valence-corrected chi connectivity index (χ3v) is 6.57. The molecule has 1 saturated carbocycles. The molecule has 1 aromatic carbocycles. The van der Waals surface area contributed by atoms with E-state index in [2.05, 4.69) is 21.7 Å². The van der Waals surface area contributed by atoms with E-state index in [-0.39, 0.29) is 23.7 Å². The number of piperazine rings is 1. The number of aromatic hydroxyl groups is 2. The SMILES string of the molecule is CC(C)Oc1cc(F)ccc1N1CCN(CCCn2c(O)cc(CN(C)C3CC3)c2O)CC1. The Morgan fingerprint density at radius 2 is 1.82 bits per heavy atom. The van der Waals surface area contributed by atoms with Crippen LogP contribution < -0.4 is 9.64 Å². The molecule has 0 radical (unpaired) electrons. The van der Waals surface area contributed by atoms with Crippen molar-refractivity contribution in [2.45, 2.75) is 58.3 Å². The van der Waals surface area contributed by atoms with Gasteiger partial charge in [-0.25, -0.2) is 4.39 Å². The van der Waals surface area contributed by atoms with Crippen molar-refractivity contribution in [2.75, 3.05) is 44.7 Å². The second-order valence-corrected chi connectivity index (χ2v) is 9.61. The van der Waals surface area contributed by atoms with Crippen LogP contribution in [0.4, 0.5) is 10.1 Å². The third kappa shape index (κ3) is 5.92. The van der Waals surface area contributed by atoms with Gasteiger partial charge in [0.2, 0.25) is 0 Å². The van der Waals surface area contributed by atoms with Gasteiger partial charge in [-0.2, -0.15) is 0 Å². The molecule has 2 aromatic rings. The molecule has 2 N–H and O–H groups in total. The normalized spacial score (nSPS) is 17.3. The van der Waals surface area contributed by atoms with Gasteiger partial charge >= 0.3 is 0 Å². The van der Waals surface area contributed by atoms with Crippen molar-refractivity contribution in [1.29, 1.82) is 0 Å². The summed E-state index contributed by atoms with van der Waals surface area (Å²) in [5.41, 5.74) is 1.73. The van der Waals surface area contributed by atoms with Crippen LogP contribution in [0.25, 0.3) is 0 Å². The molecule has 4 rings (SSSR count). The van der Waals surface area contributed by atoms with Gasteiger partial charge in [-0.15, -0.1) is 0 Å². The molecule has 182 valence electrons. The Morgan fingerprint density at radius 1 is 1.09 bits per heavy atom. The van der Waals surface area contributed by atoms with E-state index in [4.69, 9.17) is 4.74 Å². The van der Waals surface area contributed by atoms with Crippen molar-refractivity contribution < 1.29 is 19.3 Å². The molecule has 33 heavy (non-hydrogen) atoms. The van der Waals surface area contributed by atoms with Gasteiger partial charge in [0.05, 0.1) is 11.8 Å². The Bertz CT molecular complexity index is 936. The van der Waals surface area contributed by atoms with Crippen molar-refractivity contribution in [3.8, 4) is 17.5 Å². The van der Waals surface area contributed by atoms with E-state index in [1.807, 2.05) is 13.8 Å². The number of anilines is 1. The number of benzene rings is 1. The summed E-state index contributed by atoms with van der Waals surface area (Å²) in [4.78, 5) is 6.87. The van der Waals surface area contributed by atoms with E-state index in [0.29, 0.717) is 24.9 Å². The molecule has 0 amide bonds. The van der Waals surface area contributed by atoms with Crippen LogP contribution in [0.3, 0.4) is 0 Å². The first-order valence-electron chi connectivity index (χ1n) is 12.1. The summed E-state index contributed by atoms with van der Waals surface area (Å²) in [5, 5.41) is 20.9. The Balaban J connectivity index is 1.26. The standard InChI is InChI=1S/C25H37FN4O3/c1-18(2)33-23-16-20(26)5-8-22(23)29-13-11-28(12-14-29)9-4-10-30-24(31)15-19(25(30)32)17-27(3)21-6-7-21/h5,8,15-16,18,21,31-32H,4,6-7,9-14,17H2,1-3H3. The highest BCUT2D eigenvalue weighted by Gasteiger charge is 2.27.